The Hall–Kier alpha value is -3.33. The Bertz CT molecular complexity index is 1080. The van der Waals surface area contributed by atoms with Crippen molar-refractivity contribution in [3.05, 3.63) is 53.4 Å². The lowest BCUT2D eigenvalue weighted by atomic mass is 9.92. The first-order chi connectivity index (χ1) is 14.9. The number of rotatable bonds is 3. The third-order valence-corrected chi connectivity index (χ3v) is 6.28. The first kappa shape index (κ1) is 20.9. The molecule has 2 amide bonds. The number of likely N-dealkylation sites (tertiary alicyclic amines) is 1. The molecule has 0 bridgehead atoms. The van der Waals surface area contributed by atoms with Crippen LogP contribution in [0.15, 0.2) is 42.2 Å². The summed E-state index contributed by atoms with van der Waals surface area (Å²) in [4.78, 5) is 40.3. The molecule has 1 saturated heterocycles. The Morgan fingerprint density at radius 1 is 1.19 bits per heavy atom. The summed E-state index contributed by atoms with van der Waals surface area (Å²) in [7, 11) is 0. The van der Waals surface area contributed by atoms with Crippen molar-refractivity contribution in [2.75, 3.05) is 17.6 Å². The van der Waals surface area contributed by atoms with Crippen LogP contribution in [0.3, 0.4) is 0 Å². The molecule has 0 unspecified atom stereocenters. The summed E-state index contributed by atoms with van der Waals surface area (Å²) in [6, 6.07) is 5.34. The number of nitrogen functional groups attached to an aromatic ring is 1. The van der Waals surface area contributed by atoms with Crippen molar-refractivity contribution in [2.24, 2.45) is 5.92 Å². The van der Waals surface area contributed by atoms with Crippen molar-refractivity contribution < 1.29 is 9.59 Å². The highest BCUT2D eigenvalue weighted by Gasteiger charge is 2.35. The van der Waals surface area contributed by atoms with Gasteiger partial charge in [0.1, 0.15) is 10.8 Å². The van der Waals surface area contributed by atoms with Gasteiger partial charge in [0.2, 0.25) is 0 Å². The van der Waals surface area contributed by atoms with E-state index in [0.717, 1.165) is 34.7 Å². The van der Waals surface area contributed by atoms with Gasteiger partial charge in [-0.1, -0.05) is 6.92 Å². The van der Waals surface area contributed by atoms with Gasteiger partial charge in [0.05, 0.1) is 23.6 Å². The van der Waals surface area contributed by atoms with E-state index in [0.29, 0.717) is 24.0 Å². The topological polar surface area (TPSA) is 114 Å². The van der Waals surface area contributed by atoms with Gasteiger partial charge in [-0.15, -0.1) is 11.3 Å². The lowest BCUT2D eigenvalue weighted by Crippen LogP contribution is -2.46. The van der Waals surface area contributed by atoms with Crippen molar-refractivity contribution in [1.29, 1.82) is 0 Å². The fourth-order valence-electron chi connectivity index (χ4n) is 3.75. The Kier molecular flexibility index (Phi) is 5.94. The van der Waals surface area contributed by atoms with Gasteiger partial charge in [0, 0.05) is 29.9 Å². The number of hydrogen-bond acceptors (Lipinski definition) is 7. The highest BCUT2D eigenvalue weighted by Crippen LogP contribution is 2.33. The molecule has 3 N–H and O–H groups in total. The molecule has 1 aliphatic heterocycles. The highest BCUT2D eigenvalue weighted by molar-refractivity contribution is 7.13. The average molecular weight is 437 g/mol. The molecule has 0 radical (unpaired) electrons. The molecule has 1 fully saturated rings. The van der Waals surface area contributed by atoms with E-state index in [1.165, 1.54) is 6.20 Å². The molecule has 1 aliphatic rings. The SMILES string of the molecule is Cc1cc(NC(=O)C(=O)N2C[C@H](C)CC[C@H]2c2ccc(-c3nccs3)cn2)cnc1N. The molecule has 4 rings (SSSR count). The molecule has 3 aromatic rings. The third kappa shape index (κ3) is 4.56. The maximum Gasteiger partial charge on any atom is 0.313 e. The quantitative estimate of drug-likeness (QED) is 0.608. The number of nitrogens with zero attached hydrogens (tertiary/aromatic N) is 4. The Labute approximate surface area is 184 Å². The van der Waals surface area contributed by atoms with E-state index >= 15 is 0 Å². The second-order valence-corrected chi connectivity index (χ2v) is 8.74. The predicted molar refractivity (Wildman–Crippen MR) is 120 cm³/mol. The van der Waals surface area contributed by atoms with E-state index < -0.39 is 11.8 Å². The van der Waals surface area contributed by atoms with E-state index in [1.807, 2.05) is 17.5 Å². The first-order valence-corrected chi connectivity index (χ1v) is 11.0. The Balaban J connectivity index is 1.53. The van der Waals surface area contributed by atoms with Gasteiger partial charge < -0.3 is 16.0 Å². The minimum atomic E-state index is -0.690. The van der Waals surface area contributed by atoms with Crippen LogP contribution in [0.1, 0.15) is 37.1 Å². The number of anilines is 2. The van der Waals surface area contributed by atoms with E-state index in [2.05, 4.69) is 27.2 Å². The molecular formula is C22H24N6O2S. The Morgan fingerprint density at radius 2 is 2.03 bits per heavy atom. The zero-order valence-electron chi connectivity index (χ0n) is 17.4. The van der Waals surface area contributed by atoms with Gasteiger partial charge in [-0.05, 0) is 49.4 Å². The van der Waals surface area contributed by atoms with E-state index in [9.17, 15) is 9.59 Å². The van der Waals surface area contributed by atoms with Gasteiger partial charge in [0.15, 0.2) is 0 Å². The number of carbonyl (C=O) groups excluding carboxylic acids is 2. The number of piperidine rings is 1. The van der Waals surface area contributed by atoms with Crippen LogP contribution in [-0.4, -0.2) is 38.2 Å². The molecule has 3 aromatic heterocycles. The van der Waals surface area contributed by atoms with Gasteiger partial charge in [-0.2, -0.15) is 0 Å². The summed E-state index contributed by atoms with van der Waals surface area (Å²) in [5.41, 5.74) is 8.62. The minimum Gasteiger partial charge on any atom is -0.383 e. The molecule has 0 aliphatic carbocycles. The van der Waals surface area contributed by atoms with E-state index in [4.69, 9.17) is 5.73 Å². The fraction of sp³-hybridized carbons (Fsp3) is 0.318. The van der Waals surface area contributed by atoms with Crippen molar-refractivity contribution >= 4 is 34.7 Å². The van der Waals surface area contributed by atoms with Gasteiger partial charge in [0.25, 0.3) is 0 Å². The average Bonchev–Trinajstić information content (AvgIpc) is 3.31. The van der Waals surface area contributed by atoms with Gasteiger partial charge in [-0.3, -0.25) is 14.6 Å². The normalized spacial score (nSPS) is 18.6. The summed E-state index contributed by atoms with van der Waals surface area (Å²) in [6.45, 7) is 4.38. The number of thiazole rings is 1. The maximum absolute atomic E-state index is 13.1. The standard InChI is InChI=1S/C22H24N6O2S/c1-13-3-6-18(17-5-4-15(10-25-17)21-24-7-8-31-21)28(12-13)22(30)20(29)27-16-9-14(2)19(23)26-11-16/h4-5,7-11,13,18H,3,6,12H2,1-2H3,(H2,23,26)(H,27,29)/t13-,18+/m1/s1. The number of hydrogen-bond donors (Lipinski definition) is 2. The van der Waals surface area contributed by atoms with Crippen LogP contribution in [0.2, 0.25) is 0 Å². The lowest BCUT2D eigenvalue weighted by molar-refractivity contribution is -0.146. The monoisotopic (exact) mass is 436 g/mol. The summed E-state index contributed by atoms with van der Waals surface area (Å²) in [6.07, 6.45) is 6.70. The number of nitrogens with two attached hydrogens (primary N) is 1. The molecule has 0 spiro atoms. The Morgan fingerprint density at radius 3 is 2.71 bits per heavy atom. The number of aromatic nitrogens is 3. The van der Waals surface area contributed by atoms with Gasteiger partial charge in [-0.25, -0.2) is 9.97 Å². The molecule has 9 heteroatoms. The molecule has 8 nitrogen and oxygen atoms in total. The molecule has 0 saturated carbocycles. The van der Waals surface area contributed by atoms with E-state index in [-0.39, 0.29) is 6.04 Å². The van der Waals surface area contributed by atoms with Crippen LogP contribution in [-0.2, 0) is 9.59 Å². The number of pyridine rings is 2. The van der Waals surface area contributed by atoms with Crippen LogP contribution in [0.4, 0.5) is 11.5 Å². The zero-order valence-corrected chi connectivity index (χ0v) is 18.2. The number of amides is 2. The molecular weight excluding hydrogens is 412 g/mol. The number of aryl methyl sites for hydroxylation is 1. The highest BCUT2D eigenvalue weighted by atomic mass is 32.1. The molecule has 31 heavy (non-hydrogen) atoms. The van der Waals surface area contributed by atoms with Gasteiger partial charge >= 0.3 is 11.8 Å². The third-order valence-electron chi connectivity index (χ3n) is 5.46. The van der Waals surface area contributed by atoms with E-state index in [1.54, 1.807) is 41.6 Å². The molecule has 160 valence electrons. The number of nitrogens with one attached hydrogen (secondary N) is 1. The van der Waals surface area contributed by atoms with Crippen molar-refractivity contribution in [2.45, 2.75) is 32.7 Å². The zero-order chi connectivity index (χ0) is 22.0. The second kappa shape index (κ2) is 8.81. The van der Waals surface area contributed by atoms with Crippen LogP contribution in [0.5, 0.6) is 0 Å². The number of carbonyl (C=O) groups is 2. The minimum absolute atomic E-state index is 0.244. The van der Waals surface area contributed by atoms with Crippen molar-refractivity contribution in [3.63, 3.8) is 0 Å². The maximum atomic E-state index is 13.1. The van der Waals surface area contributed by atoms with Crippen LogP contribution in [0.25, 0.3) is 10.6 Å². The van der Waals surface area contributed by atoms with Crippen LogP contribution >= 0.6 is 11.3 Å². The summed E-state index contributed by atoms with van der Waals surface area (Å²) < 4.78 is 0. The second-order valence-electron chi connectivity index (χ2n) is 7.85. The summed E-state index contributed by atoms with van der Waals surface area (Å²) >= 11 is 1.55. The summed E-state index contributed by atoms with van der Waals surface area (Å²) in [5.74, 6) is -0.564. The first-order valence-electron chi connectivity index (χ1n) is 10.1. The smallest absolute Gasteiger partial charge is 0.313 e. The largest absolute Gasteiger partial charge is 0.383 e. The molecule has 2 atom stereocenters. The lowest BCUT2D eigenvalue weighted by Gasteiger charge is -2.38. The molecule has 4 heterocycles. The van der Waals surface area contributed by atoms with Crippen molar-refractivity contribution in [3.8, 4) is 10.6 Å². The van der Waals surface area contributed by atoms with Crippen LogP contribution in [0, 0.1) is 12.8 Å². The summed E-state index contributed by atoms with van der Waals surface area (Å²) in [5, 5.41) is 5.46. The van der Waals surface area contributed by atoms with Crippen molar-refractivity contribution in [1.82, 2.24) is 19.9 Å². The fourth-order valence-corrected chi connectivity index (χ4v) is 4.38. The van der Waals surface area contributed by atoms with Crippen LogP contribution < -0.4 is 11.1 Å². The molecule has 0 aromatic carbocycles. The predicted octanol–water partition coefficient (Wildman–Crippen LogP) is 3.43.